The van der Waals surface area contributed by atoms with Crippen molar-refractivity contribution in [3.8, 4) is 5.75 Å². The summed E-state index contributed by atoms with van der Waals surface area (Å²) in [5.41, 5.74) is 0.719. The highest BCUT2D eigenvalue weighted by molar-refractivity contribution is 5.53. The zero-order valence-electron chi connectivity index (χ0n) is 13.5. The monoisotopic (exact) mass is 346 g/mol. The Labute approximate surface area is 145 Å². The number of aliphatic hydroxyl groups is 5. The lowest BCUT2D eigenvalue weighted by Crippen LogP contribution is -2.47. The second kappa shape index (κ2) is 9.31. The number of benzene rings is 2. The summed E-state index contributed by atoms with van der Waals surface area (Å²) in [5.74, 6) is 0.433. The van der Waals surface area contributed by atoms with Crippen LogP contribution in [0.3, 0.4) is 0 Å². The Morgan fingerprint density at radius 3 is 1.96 bits per heavy atom. The molecule has 0 saturated heterocycles. The number of para-hydroxylation sites is 1. The molecule has 0 aliphatic rings. The minimum absolute atomic E-state index is 0.00547. The lowest BCUT2D eigenvalue weighted by atomic mass is 10.0. The van der Waals surface area contributed by atoms with E-state index in [0.717, 1.165) is 5.56 Å². The van der Waals surface area contributed by atoms with Crippen molar-refractivity contribution in [1.29, 1.82) is 0 Å². The van der Waals surface area contributed by atoms with Gasteiger partial charge in [0, 0.05) is 0 Å². The Balaban J connectivity index is 2.28. The van der Waals surface area contributed by atoms with E-state index < -0.39 is 31.0 Å². The van der Waals surface area contributed by atoms with E-state index in [-0.39, 0.29) is 5.76 Å². The minimum Gasteiger partial charge on any atom is -0.459 e. The molecule has 0 aliphatic carbocycles. The van der Waals surface area contributed by atoms with Gasteiger partial charge in [0.2, 0.25) is 0 Å². The molecule has 0 fully saturated rings. The molecule has 0 bridgehead atoms. The van der Waals surface area contributed by atoms with Gasteiger partial charge in [0.05, 0.1) is 6.61 Å². The first kappa shape index (κ1) is 19.1. The van der Waals surface area contributed by atoms with Crippen molar-refractivity contribution >= 4 is 6.08 Å². The highest BCUT2D eigenvalue weighted by Gasteiger charge is 2.33. The molecule has 0 aliphatic heterocycles. The molecule has 134 valence electrons. The fourth-order valence-corrected chi connectivity index (χ4v) is 2.20. The topological polar surface area (TPSA) is 110 Å². The highest BCUT2D eigenvalue weighted by atomic mass is 16.5. The Kier molecular flexibility index (Phi) is 7.12. The molecule has 0 spiro atoms. The summed E-state index contributed by atoms with van der Waals surface area (Å²) in [5, 5.41) is 48.7. The summed E-state index contributed by atoms with van der Waals surface area (Å²) in [4.78, 5) is 0. The molecule has 6 nitrogen and oxygen atoms in total. The van der Waals surface area contributed by atoms with Gasteiger partial charge >= 0.3 is 0 Å². The van der Waals surface area contributed by atoms with Crippen molar-refractivity contribution < 1.29 is 30.3 Å². The van der Waals surface area contributed by atoms with E-state index in [2.05, 4.69) is 0 Å². The van der Waals surface area contributed by atoms with Crippen LogP contribution in [0.2, 0.25) is 0 Å². The van der Waals surface area contributed by atoms with Gasteiger partial charge in [-0.05, 0) is 23.8 Å². The molecule has 4 atom stereocenters. The Hall–Kier alpha value is -2.22. The molecule has 0 radical (unpaired) electrons. The number of aliphatic hydroxyl groups excluding tert-OH is 5. The van der Waals surface area contributed by atoms with Gasteiger partial charge in [-0.1, -0.05) is 48.5 Å². The van der Waals surface area contributed by atoms with Gasteiger partial charge in [0.15, 0.2) is 0 Å². The van der Waals surface area contributed by atoms with E-state index >= 15 is 0 Å². The zero-order valence-corrected chi connectivity index (χ0v) is 13.5. The molecule has 4 unspecified atom stereocenters. The van der Waals surface area contributed by atoms with Crippen molar-refractivity contribution in [1.82, 2.24) is 0 Å². The van der Waals surface area contributed by atoms with Crippen LogP contribution in [0.5, 0.6) is 5.75 Å². The normalized spacial score (nSPS) is 16.8. The van der Waals surface area contributed by atoms with Crippen molar-refractivity contribution in [3.63, 3.8) is 0 Å². The Bertz CT molecular complexity index is 658. The summed E-state index contributed by atoms with van der Waals surface area (Å²) in [6.07, 6.45) is -5.16. The van der Waals surface area contributed by atoms with E-state index in [4.69, 9.17) is 9.84 Å². The maximum Gasteiger partial charge on any atom is 0.140 e. The fourth-order valence-electron chi connectivity index (χ4n) is 2.20. The quantitative estimate of drug-likeness (QED) is 0.446. The van der Waals surface area contributed by atoms with Crippen molar-refractivity contribution in [2.75, 3.05) is 6.61 Å². The predicted octanol–water partition coefficient (Wildman–Crippen LogP) is 0.542. The van der Waals surface area contributed by atoms with E-state index in [0.29, 0.717) is 5.75 Å². The molecule has 0 amide bonds. The van der Waals surface area contributed by atoms with Crippen LogP contribution in [0.15, 0.2) is 66.4 Å². The van der Waals surface area contributed by atoms with Gasteiger partial charge in [0.25, 0.3) is 0 Å². The number of ether oxygens (including phenoxy) is 1. The van der Waals surface area contributed by atoms with Crippen LogP contribution in [0.1, 0.15) is 5.56 Å². The minimum atomic E-state index is -1.75. The van der Waals surface area contributed by atoms with Crippen LogP contribution in [-0.2, 0) is 0 Å². The third-order valence-corrected chi connectivity index (χ3v) is 3.63. The van der Waals surface area contributed by atoms with Crippen molar-refractivity contribution in [2.45, 2.75) is 24.4 Å². The van der Waals surface area contributed by atoms with Crippen LogP contribution in [-0.4, -0.2) is 56.6 Å². The predicted molar refractivity (Wildman–Crippen MR) is 92.6 cm³/mol. The molecule has 5 N–H and O–H groups in total. The lowest BCUT2D eigenvalue weighted by Gasteiger charge is -2.27. The van der Waals surface area contributed by atoms with Crippen LogP contribution >= 0.6 is 0 Å². The molecular weight excluding hydrogens is 324 g/mol. The van der Waals surface area contributed by atoms with Gasteiger partial charge in [-0.3, -0.25) is 0 Å². The summed E-state index contributed by atoms with van der Waals surface area (Å²) in [7, 11) is 0. The molecule has 0 heterocycles. The Morgan fingerprint density at radius 2 is 1.40 bits per heavy atom. The molecule has 6 heteroatoms. The van der Waals surface area contributed by atoms with Gasteiger partial charge in [-0.15, -0.1) is 0 Å². The second-order valence-electron chi connectivity index (χ2n) is 5.55. The molecule has 0 saturated carbocycles. The maximum atomic E-state index is 10.4. The summed E-state index contributed by atoms with van der Waals surface area (Å²) in [6, 6.07) is 17.7. The van der Waals surface area contributed by atoms with Gasteiger partial charge in [-0.25, -0.2) is 0 Å². The van der Waals surface area contributed by atoms with Crippen molar-refractivity contribution in [2.24, 2.45) is 0 Å². The molecule has 2 aromatic carbocycles. The SMILES string of the molecule is OCC(O)C(O)C(O)C(O)C(=Cc1ccccc1)Oc1ccccc1. The van der Waals surface area contributed by atoms with Crippen LogP contribution in [0, 0.1) is 0 Å². The third-order valence-electron chi connectivity index (χ3n) is 3.63. The largest absolute Gasteiger partial charge is 0.459 e. The van der Waals surface area contributed by atoms with Crippen LogP contribution < -0.4 is 4.74 Å². The molecular formula is C19H22O6. The van der Waals surface area contributed by atoms with Crippen LogP contribution in [0.25, 0.3) is 6.08 Å². The lowest BCUT2D eigenvalue weighted by molar-refractivity contribution is -0.111. The Morgan fingerprint density at radius 1 is 0.840 bits per heavy atom. The number of hydrogen-bond acceptors (Lipinski definition) is 6. The van der Waals surface area contributed by atoms with Gasteiger partial charge < -0.3 is 30.3 Å². The van der Waals surface area contributed by atoms with E-state index in [1.165, 1.54) is 6.08 Å². The average Bonchev–Trinajstić information content (AvgIpc) is 2.66. The highest BCUT2D eigenvalue weighted by Crippen LogP contribution is 2.21. The van der Waals surface area contributed by atoms with E-state index in [1.807, 2.05) is 6.07 Å². The summed E-state index contributed by atoms with van der Waals surface area (Å²) >= 11 is 0. The van der Waals surface area contributed by atoms with E-state index in [1.54, 1.807) is 54.6 Å². The first-order valence-electron chi connectivity index (χ1n) is 7.85. The molecule has 0 aromatic heterocycles. The van der Waals surface area contributed by atoms with Crippen molar-refractivity contribution in [3.05, 3.63) is 72.0 Å². The standard InChI is InChI=1S/C19H22O6/c20-12-15(21)17(22)19(24)18(23)16(11-13-7-3-1-4-8-13)25-14-9-5-2-6-10-14/h1-11,15,17-24H,12H2. The molecule has 2 aromatic rings. The summed E-state index contributed by atoms with van der Waals surface area (Å²) < 4.78 is 5.66. The number of rotatable bonds is 8. The van der Waals surface area contributed by atoms with E-state index in [9.17, 15) is 20.4 Å². The van der Waals surface area contributed by atoms with Crippen LogP contribution in [0.4, 0.5) is 0 Å². The molecule has 25 heavy (non-hydrogen) atoms. The first-order chi connectivity index (χ1) is 12.0. The smallest absolute Gasteiger partial charge is 0.140 e. The molecule has 2 rings (SSSR count). The average molecular weight is 346 g/mol. The van der Waals surface area contributed by atoms with Gasteiger partial charge in [-0.2, -0.15) is 0 Å². The zero-order chi connectivity index (χ0) is 18.2. The summed E-state index contributed by atoms with van der Waals surface area (Å²) in [6.45, 7) is -0.748. The van der Waals surface area contributed by atoms with Gasteiger partial charge in [0.1, 0.15) is 35.9 Å². The number of hydrogen-bond donors (Lipinski definition) is 5. The first-order valence-corrected chi connectivity index (χ1v) is 7.85. The fraction of sp³-hybridized carbons (Fsp3) is 0.263. The maximum absolute atomic E-state index is 10.4. The second-order valence-corrected chi connectivity index (χ2v) is 5.55. The third kappa shape index (κ3) is 5.38.